The minimum atomic E-state index is -1.61. The molecule has 1 N–H and O–H groups in total. The maximum absolute atomic E-state index is 15.4. The number of carbonyl (C=O) groups excluding carboxylic acids is 1. The van der Waals surface area contributed by atoms with Gasteiger partial charge >= 0.3 is 6.01 Å². The van der Waals surface area contributed by atoms with Gasteiger partial charge in [-0.05, 0) is 60.6 Å². The number of aromatic nitrogens is 3. The van der Waals surface area contributed by atoms with Crippen molar-refractivity contribution in [3.05, 3.63) is 64.2 Å². The number of aromatic amines is 1. The third kappa shape index (κ3) is 3.63. The molecule has 1 aliphatic carbocycles. The summed E-state index contributed by atoms with van der Waals surface area (Å²) in [7, 11) is 1.50. The van der Waals surface area contributed by atoms with Gasteiger partial charge in [-0.25, -0.2) is 4.39 Å². The minimum Gasteiger partial charge on any atom is -0.466 e. The number of benzene rings is 2. The largest absolute Gasteiger partial charge is 0.466 e. The number of halogens is 1. The fourth-order valence-corrected chi connectivity index (χ4v) is 4.58. The summed E-state index contributed by atoms with van der Waals surface area (Å²) < 4.78 is 20.5. The topological polar surface area (TPSA) is 94.9 Å². The first-order valence-electron chi connectivity index (χ1n) is 11.0. The van der Waals surface area contributed by atoms with Crippen molar-refractivity contribution in [1.29, 1.82) is 5.26 Å². The Kier molecular flexibility index (Phi) is 5.12. The van der Waals surface area contributed by atoms with E-state index in [4.69, 9.17) is 10.00 Å². The van der Waals surface area contributed by atoms with Gasteiger partial charge in [-0.3, -0.25) is 9.89 Å². The van der Waals surface area contributed by atoms with Crippen molar-refractivity contribution >= 4 is 5.91 Å². The second kappa shape index (κ2) is 8.00. The lowest BCUT2D eigenvalue weighted by atomic mass is 9.77. The van der Waals surface area contributed by atoms with Crippen molar-refractivity contribution in [2.45, 2.75) is 37.8 Å². The molecule has 8 heteroatoms. The molecule has 2 aromatic carbocycles. The van der Waals surface area contributed by atoms with E-state index in [0.717, 1.165) is 29.5 Å². The Morgan fingerprint density at radius 2 is 2.00 bits per heavy atom. The van der Waals surface area contributed by atoms with Crippen LogP contribution in [0.2, 0.25) is 0 Å². The van der Waals surface area contributed by atoms with Gasteiger partial charge in [0.05, 0.1) is 31.8 Å². The molecule has 1 amide bonds. The van der Waals surface area contributed by atoms with E-state index in [-0.39, 0.29) is 25.0 Å². The van der Waals surface area contributed by atoms with Gasteiger partial charge in [0.25, 0.3) is 5.91 Å². The number of rotatable bonds is 5. The van der Waals surface area contributed by atoms with Crippen molar-refractivity contribution < 1.29 is 13.9 Å². The van der Waals surface area contributed by atoms with Gasteiger partial charge < -0.3 is 9.64 Å². The number of hydrogen-bond donors (Lipinski definition) is 1. The Hall–Kier alpha value is -3.73. The van der Waals surface area contributed by atoms with Gasteiger partial charge in [0.1, 0.15) is 0 Å². The summed E-state index contributed by atoms with van der Waals surface area (Å²) in [6.07, 6.45) is 3.39. The molecule has 33 heavy (non-hydrogen) atoms. The lowest BCUT2D eigenvalue weighted by molar-refractivity contribution is -0.0231. The van der Waals surface area contributed by atoms with E-state index in [9.17, 15) is 4.79 Å². The molecule has 0 spiro atoms. The number of carbonyl (C=O) groups is 1. The summed E-state index contributed by atoms with van der Waals surface area (Å²) >= 11 is 0. The average molecular weight is 445 g/mol. The predicted octanol–water partition coefficient (Wildman–Crippen LogP) is 4.25. The molecule has 1 saturated carbocycles. The highest BCUT2D eigenvalue weighted by molar-refractivity contribution is 5.98. The Labute approximate surface area is 191 Å². The molecule has 0 atom stereocenters. The summed E-state index contributed by atoms with van der Waals surface area (Å²) in [6, 6.07) is 12.6. The predicted molar refractivity (Wildman–Crippen MR) is 120 cm³/mol. The van der Waals surface area contributed by atoms with Gasteiger partial charge in [-0.15, -0.1) is 5.10 Å². The molecule has 1 aliphatic heterocycles. The van der Waals surface area contributed by atoms with Crippen LogP contribution < -0.4 is 4.74 Å². The van der Waals surface area contributed by atoms with Crippen LogP contribution in [0.15, 0.2) is 36.4 Å². The van der Waals surface area contributed by atoms with Crippen LogP contribution in [-0.4, -0.2) is 46.2 Å². The van der Waals surface area contributed by atoms with Gasteiger partial charge in [0.15, 0.2) is 11.5 Å². The second-order valence-corrected chi connectivity index (χ2v) is 8.87. The lowest BCUT2D eigenvalue weighted by Gasteiger charge is -2.45. The fraction of sp³-hybridized carbons (Fsp3) is 0.360. The van der Waals surface area contributed by atoms with Crippen LogP contribution in [-0.2, 0) is 5.67 Å². The van der Waals surface area contributed by atoms with Crippen molar-refractivity contribution in [1.82, 2.24) is 20.1 Å². The average Bonchev–Trinajstić information content (AvgIpc) is 3.25. The maximum atomic E-state index is 15.4. The zero-order chi connectivity index (χ0) is 23.2. The first kappa shape index (κ1) is 21.1. The molecule has 5 rings (SSSR count). The van der Waals surface area contributed by atoms with Crippen LogP contribution in [0.25, 0.3) is 11.4 Å². The van der Waals surface area contributed by atoms with Crippen molar-refractivity contribution in [3.63, 3.8) is 0 Å². The van der Waals surface area contributed by atoms with Gasteiger partial charge in [0.2, 0.25) is 0 Å². The van der Waals surface area contributed by atoms with Crippen LogP contribution in [0.3, 0.4) is 0 Å². The Morgan fingerprint density at radius 1 is 1.27 bits per heavy atom. The molecule has 3 aromatic rings. The Bertz CT molecular complexity index is 1250. The summed E-state index contributed by atoms with van der Waals surface area (Å²) in [5.41, 5.74) is 2.74. The maximum Gasteiger partial charge on any atom is 0.335 e. The molecule has 2 fully saturated rings. The highest BCUT2D eigenvalue weighted by Crippen LogP contribution is 2.43. The molecule has 1 saturated heterocycles. The molecule has 0 radical (unpaired) electrons. The third-order valence-corrected chi connectivity index (χ3v) is 6.78. The van der Waals surface area contributed by atoms with E-state index in [2.05, 4.69) is 21.2 Å². The highest BCUT2D eigenvalue weighted by Gasteiger charge is 2.47. The van der Waals surface area contributed by atoms with E-state index < -0.39 is 5.67 Å². The first-order chi connectivity index (χ1) is 15.9. The van der Waals surface area contributed by atoms with E-state index in [0.29, 0.717) is 28.4 Å². The number of amides is 1. The summed E-state index contributed by atoms with van der Waals surface area (Å²) in [6.45, 7) is 1.88. The van der Waals surface area contributed by atoms with Crippen LogP contribution >= 0.6 is 0 Å². The second-order valence-electron chi connectivity index (χ2n) is 8.87. The summed E-state index contributed by atoms with van der Waals surface area (Å²) in [4.78, 5) is 19.2. The van der Waals surface area contributed by atoms with Crippen molar-refractivity contribution in [2.24, 2.45) is 0 Å². The zero-order valence-electron chi connectivity index (χ0n) is 18.6. The number of methoxy groups -OCH3 is 1. The summed E-state index contributed by atoms with van der Waals surface area (Å²) in [5, 5.41) is 15.9. The van der Waals surface area contributed by atoms with E-state index >= 15 is 4.39 Å². The van der Waals surface area contributed by atoms with E-state index in [1.807, 2.05) is 19.1 Å². The number of ether oxygens (including phenoxy) is 1. The Morgan fingerprint density at radius 3 is 2.58 bits per heavy atom. The molecule has 1 aromatic heterocycles. The van der Waals surface area contributed by atoms with Crippen molar-refractivity contribution in [2.75, 3.05) is 20.2 Å². The van der Waals surface area contributed by atoms with Gasteiger partial charge in [-0.1, -0.05) is 24.6 Å². The van der Waals surface area contributed by atoms with Crippen LogP contribution in [0, 0.1) is 18.3 Å². The van der Waals surface area contributed by atoms with E-state index in [1.165, 1.54) is 18.4 Å². The number of H-pyrrole nitrogens is 1. The molecular weight excluding hydrogens is 421 g/mol. The zero-order valence-corrected chi connectivity index (χ0v) is 18.6. The normalized spacial score (nSPS) is 17.1. The number of likely N-dealkylation sites (tertiary alicyclic amines) is 1. The number of nitriles is 1. The summed E-state index contributed by atoms with van der Waals surface area (Å²) in [5.74, 6) is 0.781. The van der Waals surface area contributed by atoms with Crippen LogP contribution in [0.4, 0.5) is 4.39 Å². The quantitative estimate of drug-likeness (QED) is 0.634. The van der Waals surface area contributed by atoms with Crippen molar-refractivity contribution in [3.8, 4) is 23.5 Å². The molecule has 7 nitrogen and oxygen atoms in total. The third-order valence-electron chi connectivity index (χ3n) is 6.78. The monoisotopic (exact) mass is 445 g/mol. The highest BCUT2D eigenvalue weighted by atomic mass is 19.1. The number of nitrogens with zero attached hydrogens (tertiary/aromatic N) is 4. The SMILES string of the molecule is COc1n[nH]c(-c2cc(C(=O)N3CC(F)(c4ccc(C#N)cc4)C3)c(C)cc2C2CCC2)n1. The Balaban J connectivity index is 1.42. The molecule has 168 valence electrons. The van der Waals surface area contributed by atoms with Crippen LogP contribution in [0.5, 0.6) is 6.01 Å². The number of alkyl halides is 1. The smallest absolute Gasteiger partial charge is 0.335 e. The molecule has 2 aliphatic rings. The number of nitrogens with one attached hydrogen (secondary N) is 1. The molecule has 0 unspecified atom stereocenters. The minimum absolute atomic E-state index is 0.0208. The standard InChI is InChI=1S/C25H24FN5O2/c1-15-10-20(17-4-3-5-17)21(22-28-24(33-2)30-29-22)11-19(15)23(32)31-13-25(26,14-31)18-8-6-16(12-27)7-9-18/h6-11,17H,3-5,13-14H2,1-2H3,(H,28,29,30). The lowest BCUT2D eigenvalue weighted by Crippen LogP contribution is -2.58. The van der Waals surface area contributed by atoms with Gasteiger partial charge in [-0.2, -0.15) is 10.2 Å². The molecule has 0 bridgehead atoms. The van der Waals surface area contributed by atoms with Gasteiger partial charge in [0, 0.05) is 11.1 Å². The fourth-order valence-electron chi connectivity index (χ4n) is 4.58. The number of aryl methyl sites for hydroxylation is 1. The van der Waals surface area contributed by atoms with E-state index in [1.54, 1.807) is 24.3 Å². The molecule has 2 heterocycles. The first-order valence-corrected chi connectivity index (χ1v) is 11.0. The van der Waals surface area contributed by atoms with Crippen LogP contribution in [0.1, 0.15) is 57.8 Å². The molecular formula is C25H24FN5O2. The number of hydrogen-bond acceptors (Lipinski definition) is 5.